The van der Waals surface area contributed by atoms with Gasteiger partial charge in [-0.3, -0.25) is 14.7 Å². The molecule has 1 aromatic heterocycles. The van der Waals surface area contributed by atoms with E-state index < -0.39 is 0 Å². The number of aromatic nitrogens is 1. The Balaban J connectivity index is 0.000000376. The zero-order valence-electron chi connectivity index (χ0n) is 18.2. The summed E-state index contributed by atoms with van der Waals surface area (Å²) in [7, 11) is 5.35. The van der Waals surface area contributed by atoms with E-state index in [4.69, 9.17) is 16.3 Å². The number of amides is 1. The Bertz CT molecular complexity index is 1190. The van der Waals surface area contributed by atoms with Gasteiger partial charge in [-0.1, -0.05) is 29.4 Å². The van der Waals surface area contributed by atoms with E-state index in [1.54, 1.807) is 55.3 Å². The van der Waals surface area contributed by atoms with Gasteiger partial charge >= 0.3 is 0 Å². The molecule has 5 rings (SSSR count). The number of anilines is 1. The predicted molar refractivity (Wildman–Crippen MR) is 137 cm³/mol. The van der Waals surface area contributed by atoms with Crippen LogP contribution in [0.2, 0.25) is 5.02 Å². The maximum atomic E-state index is 12.8. The first-order valence-electron chi connectivity index (χ1n) is 9.97. The molecule has 2 aliphatic rings. The molecule has 0 spiro atoms. The molecule has 2 aromatic carbocycles. The van der Waals surface area contributed by atoms with Crippen LogP contribution in [0.1, 0.15) is 0 Å². The lowest BCUT2D eigenvalue weighted by Crippen LogP contribution is -2.24. The van der Waals surface area contributed by atoms with E-state index in [-0.39, 0.29) is 5.91 Å². The lowest BCUT2D eigenvalue weighted by molar-refractivity contribution is -0.121. The van der Waals surface area contributed by atoms with Gasteiger partial charge in [0.1, 0.15) is 10.7 Å². The van der Waals surface area contributed by atoms with Crippen molar-refractivity contribution in [2.24, 2.45) is 4.99 Å². The van der Waals surface area contributed by atoms with Crippen molar-refractivity contribution < 1.29 is 9.53 Å². The van der Waals surface area contributed by atoms with Crippen LogP contribution in [0, 0.1) is 0 Å². The maximum absolute atomic E-state index is 12.8. The summed E-state index contributed by atoms with van der Waals surface area (Å²) < 4.78 is 5.32. The van der Waals surface area contributed by atoms with E-state index in [0.29, 0.717) is 15.1 Å². The summed E-state index contributed by atoms with van der Waals surface area (Å²) in [6.07, 6.45) is 3.50. The SMILES string of the molecule is COc1ccc2c(c1)N(C)/C(=C1/SC(=Nc3ccc(Cl)cc3)N(C)C1=O)S2.c1ccncc1. The van der Waals surface area contributed by atoms with Gasteiger partial charge in [0.15, 0.2) is 5.17 Å². The Kier molecular flexibility index (Phi) is 7.27. The number of fused-ring (bicyclic) bond motifs is 1. The lowest BCUT2D eigenvalue weighted by Gasteiger charge is -2.15. The van der Waals surface area contributed by atoms with Gasteiger partial charge < -0.3 is 9.64 Å². The molecule has 1 fully saturated rings. The van der Waals surface area contributed by atoms with Gasteiger partial charge in [0, 0.05) is 42.5 Å². The van der Waals surface area contributed by atoms with E-state index in [1.807, 2.05) is 60.5 Å². The van der Waals surface area contributed by atoms with Gasteiger partial charge in [-0.25, -0.2) is 4.99 Å². The Morgan fingerprint density at radius 3 is 2.30 bits per heavy atom. The van der Waals surface area contributed by atoms with Crippen molar-refractivity contribution in [1.29, 1.82) is 0 Å². The molecule has 3 aromatic rings. The molecule has 2 aliphatic heterocycles. The number of halogens is 1. The number of likely N-dealkylation sites (N-methyl/N-ethyl adjacent to an activating group) is 1. The van der Waals surface area contributed by atoms with Crippen LogP contribution in [-0.4, -0.2) is 42.2 Å². The summed E-state index contributed by atoms with van der Waals surface area (Å²) in [5, 5.41) is 2.20. The number of pyridine rings is 1. The van der Waals surface area contributed by atoms with Crippen LogP contribution in [0.15, 0.2) is 92.9 Å². The Labute approximate surface area is 206 Å². The fraction of sp³-hybridized carbons (Fsp3) is 0.125. The zero-order chi connectivity index (χ0) is 23.4. The molecule has 0 atom stereocenters. The average Bonchev–Trinajstić information content (AvgIpc) is 3.32. The number of methoxy groups -OCH3 is 1. The van der Waals surface area contributed by atoms with Gasteiger partial charge in [-0.15, -0.1) is 0 Å². The van der Waals surface area contributed by atoms with Gasteiger partial charge in [0.05, 0.1) is 23.5 Å². The summed E-state index contributed by atoms with van der Waals surface area (Å²) in [5.74, 6) is 0.738. The van der Waals surface area contributed by atoms with E-state index in [2.05, 4.69) is 9.98 Å². The fourth-order valence-corrected chi connectivity index (χ4v) is 5.51. The van der Waals surface area contributed by atoms with Crippen molar-refractivity contribution in [2.75, 3.05) is 26.1 Å². The molecule has 168 valence electrons. The summed E-state index contributed by atoms with van der Waals surface area (Å²) in [6.45, 7) is 0. The van der Waals surface area contributed by atoms with Gasteiger partial charge in [-0.2, -0.15) is 0 Å². The predicted octanol–water partition coefficient (Wildman–Crippen LogP) is 6.03. The number of benzene rings is 2. The highest BCUT2D eigenvalue weighted by Crippen LogP contribution is 2.50. The van der Waals surface area contributed by atoms with Gasteiger partial charge in [0.25, 0.3) is 5.91 Å². The van der Waals surface area contributed by atoms with Gasteiger partial charge in [0.2, 0.25) is 0 Å². The molecule has 9 heteroatoms. The lowest BCUT2D eigenvalue weighted by atomic mass is 10.3. The minimum Gasteiger partial charge on any atom is -0.497 e. The van der Waals surface area contributed by atoms with E-state index >= 15 is 0 Å². The molecular formula is C24H21ClN4O2S2. The number of hydrogen-bond donors (Lipinski definition) is 0. The van der Waals surface area contributed by atoms with Crippen LogP contribution >= 0.6 is 35.1 Å². The van der Waals surface area contributed by atoms with Crippen molar-refractivity contribution >= 4 is 57.6 Å². The number of carbonyl (C=O) groups excluding carboxylic acids is 1. The van der Waals surface area contributed by atoms with Crippen molar-refractivity contribution in [2.45, 2.75) is 4.90 Å². The first-order valence-corrected chi connectivity index (χ1v) is 12.0. The normalized spacial score (nSPS) is 18.3. The van der Waals surface area contributed by atoms with Crippen molar-refractivity contribution in [3.8, 4) is 5.75 Å². The third-order valence-electron chi connectivity index (χ3n) is 4.83. The second kappa shape index (κ2) is 10.3. The number of rotatable bonds is 2. The number of carbonyl (C=O) groups is 1. The van der Waals surface area contributed by atoms with Crippen LogP contribution < -0.4 is 9.64 Å². The third kappa shape index (κ3) is 5.19. The fourth-order valence-electron chi connectivity index (χ4n) is 3.07. The molecule has 1 amide bonds. The third-order valence-corrected chi connectivity index (χ3v) is 7.57. The van der Waals surface area contributed by atoms with Crippen LogP contribution in [0.5, 0.6) is 5.75 Å². The summed E-state index contributed by atoms with van der Waals surface area (Å²) >= 11 is 8.90. The van der Waals surface area contributed by atoms with E-state index in [1.165, 1.54) is 11.8 Å². The summed E-state index contributed by atoms with van der Waals surface area (Å²) in [4.78, 5) is 26.6. The first kappa shape index (κ1) is 23.2. The van der Waals surface area contributed by atoms with Crippen molar-refractivity contribution in [1.82, 2.24) is 9.88 Å². The number of aliphatic imine (C=N–C) groups is 1. The second-order valence-electron chi connectivity index (χ2n) is 6.99. The molecule has 0 bridgehead atoms. The van der Waals surface area contributed by atoms with Crippen LogP contribution in [0.3, 0.4) is 0 Å². The average molecular weight is 497 g/mol. The molecular weight excluding hydrogens is 476 g/mol. The first-order chi connectivity index (χ1) is 16.0. The minimum absolute atomic E-state index is 0.0539. The van der Waals surface area contributed by atoms with Crippen LogP contribution in [0.25, 0.3) is 0 Å². The second-order valence-corrected chi connectivity index (χ2v) is 9.44. The molecule has 0 N–H and O–H groups in total. The molecule has 3 heterocycles. The largest absolute Gasteiger partial charge is 0.497 e. The number of thioether (sulfide) groups is 2. The Morgan fingerprint density at radius 1 is 0.970 bits per heavy atom. The quantitative estimate of drug-likeness (QED) is 0.403. The number of nitrogens with zero attached hydrogens (tertiary/aromatic N) is 4. The smallest absolute Gasteiger partial charge is 0.269 e. The topological polar surface area (TPSA) is 58.0 Å². The summed E-state index contributed by atoms with van der Waals surface area (Å²) in [6, 6.07) is 18.9. The zero-order valence-corrected chi connectivity index (χ0v) is 20.6. The maximum Gasteiger partial charge on any atom is 0.269 e. The molecule has 1 saturated heterocycles. The number of ether oxygens (including phenoxy) is 1. The van der Waals surface area contributed by atoms with Crippen LogP contribution in [0.4, 0.5) is 11.4 Å². The van der Waals surface area contributed by atoms with Crippen molar-refractivity contribution in [3.63, 3.8) is 0 Å². The highest BCUT2D eigenvalue weighted by atomic mass is 35.5. The highest BCUT2D eigenvalue weighted by Gasteiger charge is 2.37. The molecule has 0 radical (unpaired) electrons. The van der Waals surface area contributed by atoms with Gasteiger partial charge in [-0.05, 0) is 60.3 Å². The summed E-state index contributed by atoms with van der Waals surface area (Å²) in [5.41, 5.74) is 1.79. The Hall–Kier alpha value is -2.94. The van der Waals surface area contributed by atoms with E-state index in [9.17, 15) is 4.79 Å². The molecule has 0 saturated carbocycles. The molecule has 6 nitrogen and oxygen atoms in total. The molecule has 0 unspecified atom stereocenters. The van der Waals surface area contributed by atoms with Crippen LogP contribution in [-0.2, 0) is 4.79 Å². The van der Waals surface area contributed by atoms with E-state index in [0.717, 1.165) is 27.0 Å². The number of hydrogen-bond acceptors (Lipinski definition) is 7. The minimum atomic E-state index is -0.0539. The standard InChI is InChI=1S/C19H16ClN3O2S2.C5H5N/c1-22-14-10-13(25-3)8-9-15(14)26-18(22)16-17(24)23(2)19(27-16)21-12-6-4-11(20)5-7-12;1-2-4-6-5-3-1/h4-10H,1-3H3;1-5H/b18-16-,21-19?;. The number of amidine groups is 1. The molecule has 0 aliphatic carbocycles. The molecule has 33 heavy (non-hydrogen) atoms. The van der Waals surface area contributed by atoms with Crippen molar-refractivity contribution in [3.05, 3.63) is 88.0 Å². The monoisotopic (exact) mass is 496 g/mol. The Morgan fingerprint density at radius 2 is 1.70 bits per heavy atom. The highest BCUT2D eigenvalue weighted by molar-refractivity contribution is 8.19.